The molecule has 0 aromatic heterocycles. The molecule has 6 rings (SSSR count). The molecule has 3 saturated heterocycles. The van der Waals surface area contributed by atoms with Crippen molar-refractivity contribution in [3.63, 3.8) is 0 Å². The topological polar surface area (TPSA) is 69.7 Å². The Labute approximate surface area is 187 Å². The Balaban J connectivity index is 1.57. The van der Waals surface area contributed by atoms with Crippen LogP contribution in [-0.2, 0) is 26.1 Å². The van der Waals surface area contributed by atoms with Crippen LogP contribution < -0.4 is 10.2 Å². The fraction of sp³-hybridized carbons (Fsp3) is 0.375. The second-order valence-electron chi connectivity index (χ2n) is 9.15. The van der Waals surface area contributed by atoms with Crippen molar-refractivity contribution in [2.24, 2.45) is 11.8 Å². The number of rotatable bonds is 1. The highest BCUT2D eigenvalue weighted by molar-refractivity contribution is 6.26. The van der Waals surface area contributed by atoms with Gasteiger partial charge in [0.25, 0.3) is 0 Å². The molecule has 0 saturated carbocycles. The number of nitrogens with zero attached hydrogens (tertiary/aromatic N) is 2. The molecule has 4 aliphatic rings. The molecule has 0 unspecified atom stereocenters. The molecular weight excluding hydrogens is 435 g/mol. The number of nitrogens with one attached hydrogen (secondary N) is 1. The lowest BCUT2D eigenvalue weighted by Crippen LogP contribution is -2.54. The fourth-order valence-corrected chi connectivity index (χ4v) is 6.52. The summed E-state index contributed by atoms with van der Waals surface area (Å²) in [7, 11) is 0. The number of hydrogen-bond acceptors (Lipinski definition) is 4. The molecule has 33 heavy (non-hydrogen) atoms. The van der Waals surface area contributed by atoms with E-state index in [1.54, 1.807) is 12.1 Å². The summed E-state index contributed by atoms with van der Waals surface area (Å²) in [6, 6.07) is 9.65. The Bertz CT molecular complexity index is 1240. The van der Waals surface area contributed by atoms with E-state index < -0.39 is 52.5 Å². The van der Waals surface area contributed by atoms with Crippen molar-refractivity contribution in [3.05, 3.63) is 59.2 Å². The molecule has 170 valence electrons. The maximum Gasteiger partial charge on any atom is 0.418 e. The largest absolute Gasteiger partial charge is 0.418 e. The standard InChI is InChI=1S/C24H20F3N3O3/c1-12-6-4-8-14-19(12)28-22(33)23(14)18-17(16-10-5-11-29(16)23)20(31)30(21(18)32)15-9-3-2-7-13(15)24(25,26)27/h2-4,6-9,16-18H,5,10-11H2,1H3,(H,28,33)/t16-,17+,18+,23+/m1/s1. The summed E-state index contributed by atoms with van der Waals surface area (Å²) in [5.41, 5.74) is -0.856. The zero-order valence-electron chi connectivity index (χ0n) is 17.6. The molecule has 0 bridgehead atoms. The average Bonchev–Trinajstić information content (AvgIpc) is 3.47. The van der Waals surface area contributed by atoms with Gasteiger partial charge in [0.1, 0.15) is 5.54 Å². The van der Waals surface area contributed by atoms with Crippen LogP contribution in [-0.4, -0.2) is 35.2 Å². The van der Waals surface area contributed by atoms with Crippen LogP contribution in [0.1, 0.15) is 29.5 Å². The third-order valence-electron chi connectivity index (χ3n) is 7.69. The molecule has 4 heterocycles. The van der Waals surface area contributed by atoms with Crippen molar-refractivity contribution < 1.29 is 27.6 Å². The summed E-state index contributed by atoms with van der Waals surface area (Å²) in [4.78, 5) is 43.7. The van der Waals surface area contributed by atoms with E-state index in [2.05, 4.69) is 5.32 Å². The predicted octanol–water partition coefficient (Wildman–Crippen LogP) is 3.45. The van der Waals surface area contributed by atoms with Crippen LogP contribution in [0.3, 0.4) is 0 Å². The number of carbonyl (C=O) groups is 3. The Morgan fingerprint density at radius 2 is 1.79 bits per heavy atom. The van der Waals surface area contributed by atoms with Crippen molar-refractivity contribution in [2.75, 3.05) is 16.8 Å². The molecular formula is C24H20F3N3O3. The van der Waals surface area contributed by atoms with Gasteiger partial charge >= 0.3 is 6.18 Å². The number of halogens is 3. The lowest BCUT2D eigenvalue weighted by molar-refractivity contribution is -0.138. The first-order valence-electron chi connectivity index (χ1n) is 10.9. The van der Waals surface area contributed by atoms with Gasteiger partial charge < -0.3 is 5.32 Å². The molecule has 2 aromatic carbocycles. The van der Waals surface area contributed by atoms with Crippen molar-refractivity contribution in [1.29, 1.82) is 0 Å². The van der Waals surface area contributed by atoms with E-state index in [9.17, 15) is 27.6 Å². The minimum absolute atomic E-state index is 0.383. The summed E-state index contributed by atoms with van der Waals surface area (Å²) < 4.78 is 41.2. The van der Waals surface area contributed by atoms with E-state index in [1.807, 2.05) is 17.9 Å². The van der Waals surface area contributed by atoms with Crippen molar-refractivity contribution >= 4 is 29.1 Å². The van der Waals surface area contributed by atoms with Crippen LogP contribution in [0.15, 0.2) is 42.5 Å². The van der Waals surface area contributed by atoms with Crippen molar-refractivity contribution in [3.8, 4) is 0 Å². The Kier molecular flexibility index (Phi) is 3.98. The van der Waals surface area contributed by atoms with E-state index >= 15 is 0 Å². The molecule has 1 spiro atoms. The third kappa shape index (κ3) is 2.35. The number of carbonyl (C=O) groups excluding carboxylic acids is 3. The van der Waals surface area contributed by atoms with Gasteiger partial charge in [0.05, 0.1) is 23.1 Å². The van der Waals surface area contributed by atoms with E-state index in [4.69, 9.17) is 0 Å². The molecule has 3 amide bonds. The van der Waals surface area contributed by atoms with E-state index in [1.165, 1.54) is 12.1 Å². The van der Waals surface area contributed by atoms with Gasteiger partial charge in [-0.25, -0.2) is 4.90 Å². The van der Waals surface area contributed by atoms with Gasteiger partial charge in [-0.3, -0.25) is 19.3 Å². The number of amides is 3. The predicted molar refractivity (Wildman–Crippen MR) is 112 cm³/mol. The van der Waals surface area contributed by atoms with Crippen LogP contribution in [0.2, 0.25) is 0 Å². The molecule has 4 atom stereocenters. The maximum atomic E-state index is 13.8. The average molecular weight is 455 g/mol. The Morgan fingerprint density at radius 3 is 2.55 bits per heavy atom. The number of imide groups is 1. The maximum absolute atomic E-state index is 13.8. The normalized spacial score (nSPS) is 30.7. The smallest absolute Gasteiger partial charge is 0.324 e. The van der Waals surface area contributed by atoms with Crippen LogP contribution in [0.4, 0.5) is 24.5 Å². The van der Waals surface area contributed by atoms with Crippen LogP contribution in [0.5, 0.6) is 0 Å². The molecule has 6 nitrogen and oxygen atoms in total. The fourth-order valence-electron chi connectivity index (χ4n) is 6.52. The zero-order chi connectivity index (χ0) is 23.3. The molecule has 4 aliphatic heterocycles. The van der Waals surface area contributed by atoms with Crippen LogP contribution in [0, 0.1) is 18.8 Å². The molecule has 9 heteroatoms. The highest BCUT2D eigenvalue weighted by Gasteiger charge is 2.74. The molecule has 2 aromatic rings. The summed E-state index contributed by atoms with van der Waals surface area (Å²) >= 11 is 0. The van der Waals surface area contributed by atoms with Gasteiger partial charge in [-0.2, -0.15) is 13.2 Å². The molecule has 1 N–H and O–H groups in total. The van der Waals surface area contributed by atoms with Gasteiger partial charge in [0.15, 0.2) is 0 Å². The van der Waals surface area contributed by atoms with Crippen LogP contribution >= 0.6 is 0 Å². The van der Waals surface area contributed by atoms with Gasteiger partial charge in [-0.15, -0.1) is 0 Å². The second kappa shape index (κ2) is 6.44. The zero-order valence-corrected chi connectivity index (χ0v) is 17.6. The minimum Gasteiger partial charge on any atom is -0.324 e. The number of hydrogen-bond donors (Lipinski definition) is 1. The highest BCUT2D eigenvalue weighted by Crippen LogP contribution is 2.61. The highest BCUT2D eigenvalue weighted by atomic mass is 19.4. The van der Waals surface area contributed by atoms with Crippen molar-refractivity contribution in [2.45, 2.75) is 37.5 Å². The SMILES string of the molecule is Cc1cccc2c1NC(=O)[C@@]21[C@@H]2C(=O)N(c3ccccc3C(F)(F)F)C(=O)[C@H]2[C@H]2CCCN21. The quantitative estimate of drug-likeness (QED) is 0.669. The van der Waals surface area contributed by atoms with Crippen molar-refractivity contribution in [1.82, 2.24) is 4.90 Å². The van der Waals surface area contributed by atoms with Gasteiger partial charge in [-0.05, 0) is 44.0 Å². The first kappa shape index (κ1) is 20.4. The molecule has 3 fully saturated rings. The number of anilines is 2. The van der Waals surface area contributed by atoms with E-state index in [0.717, 1.165) is 24.1 Å². The number of fused-ring (bicyclic) bond motifs is 7. The monoisotopic (exact) mass is 455 g/mol. The summed E-state index contributed by atoms with van der Waals surface area (Å²) in [6.45, 7) is 2.39. The second-order valence-corrected chi connectivity index (χ2v) is 9.15. The number of alkyl halides is 3. The third-order valence-corrected chi connectivity index (χ3v) is 7.69. The molecule has 0 radical (unpaired) electrons. The van der Waals surface area contributed by atoms with E-state index in [0.29, 0.717) is 29.1 Å². The molecule has 0 aliphatic carbocycles. The Morgan fingerprint density at radius 1 is 1.03 bits per heavy atom. The first-order chi connectivity index (χ1) is 15.7. The number of para-hydroxylation sites is 2. The Hall–Kier alpha value is -3.20. The first-order valence-corrected chi connectivity index (χ1v) is 10.9. The number of aryl methyl sites for hydroxylation is 1. The van der Waals surface area contributed by atoms with E-state index in [-0.39, 0.29) is 6.04 Å². The van der Waals surface area contributed by atoms with Gasteiger partial charge in [0, 0.05) is 17.3 Å². The van der Waals surface area contributed by atoms with Gasteiger partial charge in [0.2, 0.25) is 17.7 Å². The lowest BCUT2D eigenvalue weighted by atomic mass is 9.75. The van der Waals surface area contributed by atoms with Crippen LogP contribution in [0.25, 0.3) is 0 Å². The summed E-state index contributed by atoms with van der Waals surface area (Å²) in [5, 5.41) is 2.91. The number of benzene rings is 2. The summed E-state index contributed by atoms with van der Waals surface area (Å²) in [5.74, 6) is -3.76. The summed E-state index contributed by atoms with van der Waals surface area (Å²) in [6.07, 6.45) is -3.39. The lowest BCUT2D eigenvalue weighted by Gasteiger charge is -2.36. The minimum atomic E-state index is -4.74. The van der Waals surface area contributed by atoms with Gasteiger partial charge in [-0.1, -0.05) is 30.3 Å².